The molecule has 0 N–H and O–H groups in total. The Bertz CT molecular complexity index is 558. The monoisotopic (exact) mass is 296 g/mol. The number of amides is 1. The van der Waals surface area contributed by atoms with Crippen molar-refractivity contribution in [1.82, 2.24) is 4.90 Å². The number of non-ortho nitro benzene ring substituents is 1. The maximum absolute atomic E-state index is 12.4. The summed E-state index contributed by atoms with van der Waals surface area (Å²) in [7, 11) is 2.54. The number of benzene rings is 1. The van der Waals surface area contributed by atoms with Gasteiger partial charge < -0.3 is 14.4 Å². The Labute approximate surface area is 121 Å². The van der Waals surface area contributed by atoms with Gasteiger partial charge in [-0.3, -0.25) is 19.7 Å². The van der Waals surface area contributed by atoms with Crippen LogP contribution in [-0.2, 0) is 9.53 Å². The van der Waals surface area contributed by atoms with Crippen LogP contribution in [0.25, 0.3) is 0 Å². The van der Waals surface area contributed by atoms with Gasteiger partial charge >= 0.3 is 5.97 Å². The smallest absolute Gasteiger partial charge is 0.325 e. The number of hydrogen-bond acceptors (Lipinski definition) is 6. The fourth-order valence-electron chi connectivity index (χ4n) is 1.69. The van der Waals surface area contributed by atoms with Gasteiger partial charge in [-0.05, 0) is 13.0 Å². The SMILES string of the molecule is CCN(CC(=O)OC)C(=O)c1ccc([N+](=O)[O-])cc1OC. The summed E-state index contributed by atoms with van der Waals surface area (Å²) in [5.74, 6) is -0.932. The van der Waals surface area contributed by atoms with Crippen molar-refractivity contribution < 1.29 is 24.0 Å². The second kappa shape index (κ2) is 7.22. The van der Waals surface area contributed by atoms with Crippen LogP contribution in [0.4, 0.5) is 5.69 Å². The van der Waals surface area contributed by atoms with Gasteiger partial charge in [0.1, 0.15) is 12.3 Å². The van der Waals surface area contributed by atoms with E-state index in [0.717, 1.165) is 0 Å². The maximum Gasteiger partial charge on any atom is 0.325 e. The van der Waals surface area contributed by atoms with Gasteiger partial charge in [0.15, 0.2) is 0 Å². The van der Waals surface area contributed by atoms with Gasteiger partial charge in [-0.1, -0.05) is 0 Å². The number of rotatable bonds is 6. The highest BCUT2D eigenvalue weighted by Gasteiger charge is 2.22. The van der Waals surface area contributed by atoms with E-state index in [1.54, 1.807) is 6.92 Å². The van der Waals surface area contributed by atoms with Crippen molar-refractivity contribution in [3.05, 3.63) is 33.9 Å². The second-order valence-corrected chi connectivity index (χ2v) is 4.04. The van der Waals surface area contributed by atoms with E-state index < -0.39 is 16.8 Å². The van der Waals surface area contributed by atoms with Gasteiger partial charge in [0.2, 0.25) is 0 Å². The van der Waals surface area contributed by atoms with Crippen molar-refractivity contribution in [3.8, 4) is 5.75 Å². The Morgan fingerprint density at radius 2 is 2.00 bits per heavy atom. The summed E-state index contributed by atoms with van der Waals surface area (Å²) in [6, 6.07) is 3.68. The van der Waals surface area contributed by atoms with Crippen molar-refractivity contribution in [2.45, 2.75) is 6.92 Å². The highest BCUT2D eigenvalue weighted by molar-refractivity contribution is 5.98. The molecule has 0 aliphatic carbocycles. The maximum atomic E-state index is 12.4. The molecule has 1 rings (SSSR count). The zero-order valence-corrected chi connectivity index (χ0v) is 12.0. The van der Waals surface area contributed by atoms with Crippen molar-refractivity contribution in [2.75, 3.05) is 27.3 Å². The van der Waals surface area contributed by atoms with Crippen LogP contribution in [0.2, 0.25) is 0 Å². The molecule has 0 atom stereocenters. The first kappa shape index (κ1) is 16.4. The Balaban J connectivity index is 3.10. The first-order chi connectivity index (χ1) is 9.94. The van der Waals surface area contributed by atoms with E-state index in [4.69, 9.17) is 4.74 Å². The quantitative estimate of drug-likeness (QED) is 0.445. The third-order valence-corrected chi connectivity index (χ3v) is 2.84. The number of carbonyl (C=O) groups excluding carboxylic acids is 2. The molecule has 0 spiro atoms. The molecule has 114 valence electrons. The summed E-state index contributed by atoms with van der Waals surface area (Å²) in [6.45, 7) is 1.79. The van der Waals surface area contributed by atoms with E-state index >= 15 is 0 Å². The number of nitro groups is 1. The van der Waals surface area contributed by atoms with Crippen molar-refractivity contribution >= 4 is 17.6 Å². The van der Waals surface area contributed by atoms with Crippen LogP contribution in [0.1, 0.15) is 17.3 Å². The van der Waals surface area contributed by atoms with Crippen LogP contribution in [0.15, 0.2) is 18.2 Å². The topological polar surface area (TPSA) is 99.0 Å². The molecule has 0 fully saturated rings. The Hall–Kier alpha value is -2.64. The molecule has 0 aliphatic heterocycles. The standard InChI is InChI=1S/C13H16N2O6/c1-4-14(8-12(16)21-3)13(17)10-6-5-9(15(18)19)7-11(10)20-2/h5-7H,4,8H2,1-3H3. The second-order valence-electron chi connectivity index (χ2n) is 4.04. The molecular formula is C13H16N2O6. The first-order valence-corrected chi connectivity index (χ1v) is 6.13. The number of esters is 1. The molecule has 0 bridgehead atoms. The third-order valence-electron chi connectivity index (χ3n) is 2.84. The molecule has 1 amide bonds. The van der Waals surface area contributed by atoms with E-state index in [1.807, 2.05) is 0 Å². The number of carbonyl (C=O) groups is 2. The number of nitrogens with zero attached hydrogens (tertiary/aromatic N) is 2. The normalized spacial score (nSPS) is 9.86. The molecule has 21 heavy (non-hydrogen) atoms. The van der Waals surface area contributed by atoms with Gasteiger partial charge in [0.05, 0.1) is 30.8 Å². The minimum atomic E-state index is -0.581. The van der Waals surface area contributed by atoms with Gasteiger partial charge in [0.25, 0.3) is 11.6 Å². The zero-order chi connectivity index (χ0) is 16.0. The van der Waals surface area contributed by atoms with Crippen LogP contribution in [0, 0.1) is 10.1 Å². The number of nitro benzene ring substituents is 1. The van der Waals surface area contributed by atoms with E-state index in [9.17, 15) is 19.7 Å². The molecule has 8 nitrogen and oxygen atoms in total. The predicted octanol–water partition coefficient (Wildman–Crippen LogP) is 1.24. The molecule has 1 aromatic carbocycles. The van der Waals surface area contributed by atoms with Crippen LogP contribution in [0.3, 0.4) is 0 Å². The van der Waals surface area contributed by atoms with Gasteiger partial charge in [0, 0.05) is 12.6 Å². The molecule has 0 radical (unpaired) electrons. The van der Waals surface area contributed by atoms with Gasteiger partial charge in [-0.15, -0.1) is 0 Å². The molecule has 0 heterocycles. The minimum Gasteiger partial charge on any atom is -0.496 e. The Morgan fingerprint density at radius 1 is 1.33 bits per heavy atom. The van der Waals surface area contributed by atoms with Crippen molar-refractivity contribution in [1.29, 1.82) is 0 Å². The van der Waals surface area contributed by atoms with Crippen LogP contribution >= 0.6 is 0 Å². The van der Waals surface area contributed by atoms with Crippen molar-refractivity contribution in [2.24, 2.45) is 0 Å². The molecule has 8 heteroatoms. The van der Waals surface area contributed by atoms with Crippen LogP contribution in [-0.4, -0.2) is 49.0 Å². The van der Waals surface area contributed by atoms with Crippen molar-refractivity contribution in [3.63, 3.8) is 0 Å². The first-order valence-electron chi connectivity index (χ1n) is 6.13. The number of likely N-dealkylation sites (N-methyl/N-ethyl adjacent to an activating group) is 1. The van der Waals surface area contributed by atoms with E-state index in [2.05, 4.69) is 4.74 Å². The van der Waals surface area contributed by atoms with Crippen LogP contribution < -0.4 is 4.74 Å². The van der Waals surface area contributed by atoms with Crippen LogP contribution in [0.5, 0.6) is 5.75 Å². The lowest BCUT2D eigenvalue weighted by Gasteiger charge is -2.20. The number of ether oxygens (including phenoxy) is 2. The summed E-state index contributed by atoms with van der Waals surface area (Å²) in [6.07, 6.45) is 0. The Kier molecular flexibility index (Phi) is 5.65. The van der Waals surface area contributed by atoms with Gasteiger partial charge in [-0.25, -0.2) is 0 Å². The summed E-state index contributed by atoms with van der Waals surface area (Å²) in [5.41, 5.74) is -0.0340. The molecular weight excluding hydrogens is 280 g/mol. The average molecular weight is 296 g/mol. The fraction of sp³-hybridized carbons (Fsp3) is 0.385. The lowest BCUT2D eigenvalue weighted by atomic mass is 10.1. The molecule has 0 saturated heterocycles. The zero-order valence-electron chi connectivity index (χ0n) is 12.0. The number of methoxy groups -OCH3 is 2. The lowest BCUT2D eigenvalue weighted by Crippen LogP contribution is -2.36. The largest absolute Gasteiger partial charge is 0.496 e. The Morgan fingerprint density at radius 3 is 2.48 bits per heavy atom. The summed E-state index contributed by atoms with van der Waals surface area (Å²) in [4.78, 5) is 35.0. The molecule has 0 unspecified atom stereocenters. The minimum absolute atomic E-state index is 0.0810. The fourth-order valence-corrected chi connectivity index (χ4v) is 1.69. The summed E-state index contributed by atoms with van der Waals surface area (Å²) in [5, 5.41) is 10.7. The van der Waals surface area contributed by atoms with E-state index in [1.165, 1.54) is 37.3 Å². The predicted molar refractivity (Wildman–Crippen MR) is 73.2 cm³/mol. The molecule has 0 aromatic heterocycles. The molecule has 0 aliphatic rings. The molecule has 0 saturated carbocycles. The average Bonchev–Trinajstić information content (AvgIpc) is 2.50. The molecule has 1 aromatic rings. The summed E-state index contributed by atoms with van der Waals surface area (Å²) < 4.78 is 9.54. The highest BCUT2D eigenvalue weighted by atomic mass is 16.6. The van der Waals surface area contributed by atoms with E-state index in [0.29, 0.717) is 0 Å². The summed E-state index contributed by atoms with van der Waals surface area (Å²) >= 11 is 0. The highest BCUT2D eigenvalue weighted by Crippen LogP contribution is 2.25. The third kappa shape index (κ3) is 3.91. The van der Waals surface area contributed by atoms with Gasteiger partial charge in [-0.2, -0.15) is 0 Å². The lowest BCUT2D eigenvalue weighted by molar-refractivity contribution is -0.384. The number of hydrogen-bond donors (Lipinski definition) is 0. The van der Waals surface area contributed by atoms with E-state index in [-0.39, 0.29) is 30.1 Å².